The van der Waals surface area contributed by atoms with Gasteiger partial charge in [-0.05, 0) is 31.0 Å². The number of anilines is 2. The highest BCUT2D eigenvalue weighted by Crippen LogP contribution is 2.29. The highest BCUT2D eigenvalue weighted by atomic mass is 35.5. The molecule has 3 N–H and O–H groups in total. The van der Waals surface area contributed by atoms with Crippen LogP contribution in [-0.2, 0) is 22.9 Å². The molecule has 4 aromatic rings. The topological polar surface area (TPSA) is 124 Å². The number of halogens is 3. The third-order valence-electron chi connectivity index (χ3n) is 4.86. The molecule has 0 aliphatic carbocycles. The normalized spacial score (nSPS) is 11.6. The molecule has 0 radical (unpaired) electrons. The Morgan fingerprint density at radius 2 is 1.97 bits per heavy atom. The van der Waals surface area contributed by atoms with E-state index < -0.39 is 27.3 Å². The number of aromatic nitrogens is 4. The number of aryl methyl sites for hydroxylation is 1. The number of methoxy groups -OCH3 is 1. The number of imidazole rings is 1. The van der Waals surface area contributed by atoms with Gasteiger partial charge in [0.05, 0.1) is 17.8 Å². The van der Waals surface area contributed by atoms with Gasteiger partial charge < -0.3 is 10.5 Å². The van der Waals surface area contributed by atoms with Crippen LogP contribution in [0.4, 0.5) is 20.3 Å². The van der Waals surface area contributed by atoms with Crippen LogP contribution in [0, 0.1) is 11.6 Å². The van der Waals surface area contributed by atoms with Gasteiger partial charge in [-0.2, -0.15) is 0 Å². The molecule has 3 aromatic heterocycles. The molecule has 0 saturated carbocycles. The van der Waals surface area contributed by atoms with E-state index in [1.54, 1.807) is 10.6 Å². The highest BCUT2D eigenvalue weighted by Gasteiger charge is 2.24. The van der Waals surface area contributed by atoms with Crippen LogP contribution in [0.5, 0.6) is 5.88 Å². The Balaban J connectivity index is 1.63. The van der Waals surface area contributed by atoms with Crippen LogP contribution in [-0.4, -0.2) is 34.9 Å². The van der Waals surface area contributed by atoms with Gasteiger partial charge in [0.15, 0.2) is 22.2 Å². The first kappa shape index (κ1) is 22.7. The zero-order valence-corrected chi connectivity index (χ0v) is 18.7. The molecule has 1 aromatic carbocycles. The fourth-order valence-electron chi connectivity index (χ4n) is 3.29. The minimum Gasteiger partial charge on any atom is -0.480 e. The van der Waals surface area contributed by atoms with Crippen LogP contribution < -0.4 is 15.2 Å². The van der Waals surface area contributed by atoms with E-state index in [-0.39, 0.29) is 40.0 Å². The molecule has 4 rings (SSSR count). The Kier molecular flexibility index (Phi) is 6.04. The molecule has 0 aliphatic rings. The molecule has 0 aliphatic heterocycles. The first-order valence-electron chi connectivity index (χ1n) is 9.47. The van der Waals surface area contributed by atoms with Gasteiger partial charge in [-0.15, -0.1) is 0 Å². The van der Waals surface area contributed by atoms with Gasteiger partial charge in [0.2, 0.25) is 5.88 Å². The molecule has 0 atom stereocenters. The Morgan fingerprint density at radius 1 is 1.18 bits per heavy atom. The molecule has 0 unspecified atom stereocenters. The monoisotopic (exact) mass is 494 g/mol. The number of pyridine rings is 1. The van der Waals surface area contributed by atoms with Crippen molar-refractivity contribution < 1.29 is 21.9 Å². The maximum atomic E-state index is 15.2. The summed E-state index contributed by atoms with van der Waals surface area (Å²) >= 11 is 5.85. The van der Waals surface area contributed by atoms with Crippen molar-refractivity contribution in [3.8, 4) is 5.88 Å². The van der Waals surface area contributed by atoms with Gasteiger partial charge in [0.1, 0.15) is 5.82 Å². The van der Waals surface area contributed by atoms with Gasteiger partial charge in [-0.3, -0.25) is 9.12 Å². The summed E-state index contributed by atoms with van der Waals surface area (Å²) in [5.41, 5.74) is 6.14. The van der Waals surface area contributed by atoms with E-state index in [1.807, 2.05) is 0 Å². The Labute approximate surface area is 192 Å². The molecular weight excluding hydrogens is 478 g/mol. The standard InChI is InChI=1S/C20H17ClF2N6O3S/c1-32-20-16(8-11(21)9-27-20)33(30,31)28-15-5-4-14(22)13(17(15)23)3-2-12-10-26-19-18(24)25-6-7-29(12)19/h4-10,28H,2-3H2,1H3,(H2,24,25). The van der Waals surface area contributed by atoms with E-state index in [1.165, 1.54) is 25.7 Å². The van der Waals surface area contributed by atoms with E-state index in [2.05, 4.69) is 19.7 Å². The summed E-state index contributed by atoms with van der Waals surface area (Å²) in [5, 5.41) is 0.0420. The smallest absolute Gasteiger partial charge is 0.267 e. The predicted molar refractivity (Wildman–Crippen MR) is 118 cm³/mol. The van der Waals surface area contributed by atoms with Crippen LogP contribution in [0.3, 0.4) is 0 Å². The fourth-order valence-corrected chi connectivity index (χ4v) is 4.72. The second kappa shape index (κ2) is 8.79. The number of benzene rings is 1. The number of ether oxygens (including phenoxy) is 1. The lowest BCUT2D eigenvalue weighted by Crippen LogP contribution is -2.16. The maximum Gasteiger partial charge on any atom is 0.267 e. The Bertz CT molecular complexity index is 1460. The molecule has 33 heavy (non-hydrogen) atoms. The van der Waals surface area contributed by atoms with Crippen molar-refractivity contribution >= 4 is 38.8 Å². The van der Waals surface area contributed by atoms with E-state index in [0.29, 0.717) is 11.3 Å². The molecule has 172 valence electrons. The van der Waals surface area contributed by atoms with E-state index >= 15 is 4.39 Å². The second-order valence-corrected chi connectivity index (χ2v) is 9.00. The lowest BCUT2D eigenvalue weighted by Gasteiger charge is -2.14. The molecule has 0 saturated heterocycles. The molecular formula is C20H17ClF2N6O3S. The number of nitrogens with one attached hydrogen (secondary N) is 1. The number of nitrogens with zero attached hydrogens (tertiary/aromatic N) is 4. The average Bonchev–Trinajstić information content (AvgIpc) is 3.20. The van der Waals surface area contributed by atoms with Crippen LogP contribution >= 0.6 is 11.6 Å². The molecule has 13 heteroatoms. The van der Waals surface area contributed by atoms with Gasteiger partial charge in [-0.1, -0.05) is 11.6 Å². The van der Waals surface area contributed by atoms with Crippen LogP contribution in [0.1, 0.15) is 11.3 Å². The lowest BCUT2D eigenvalue weighted by molar-refractivity contribution is 0.385. The molecule has 0 bridgehead atoms. The number of sulfonamides is 1. The van der Waals surface area contributed by atoms with Crippen molar-refractivity contribution in [3.05, 3.63) is 70.9 Å². The summed E-state index contributed by atoms with van der Waals surface area (Å²) < 4.78 is 64.0. The summed E-state index contributed by atoms with van der Waals surface area (Å²) in [6, 6.07) is 3.10. The first-order valence-corrected chi connectivity index (χ1v) is 11.3. The van der Waals surface area contributed by atoms with Crippen molar-refractivity contribution in [3.63, 3.8) is 0 Å². The van der Waals surface area contributed by atoms with Crippen molar-refractivity contribution in [1.82, 2.24) is 19.4 Å². The number of nitrogens with two attached hydrogens (primary N) is 1. The zero-order chi connectivity index (χ0) is 23.8. The minimum atomic E-state index is -4.34. The van der Waals surface area contributed by atoms with Crippen molar-refractivity contribution in [1.29, 1.82) is 0 Å². The molecule has 3 heterocycles. The van der Waals surface area contributed by atoms with E-state index in [0.717, 1.165) is 18.2 Å². The van der Waals surface area contributed by atoms with Crippen LogP contribution in [0.2, 0.25) is 5.02 Å². The van der Waals surface area contributed by atoms with E-state index in [9.17, 15) is 12.8 Å². The van der Waals surface area contributed by atoms with Gasteiger partial charge >= 0.3 is 0 Å². The number of nitrogen functional groups attached to an aromatic ring is 1. The second-order valence-electron chi connectivity index (χ2n) is 6.91. The van der Waals surface area contributed by atoms with E-state index in [4.69, 9.17) is 22.1 Å². The van der Waals surface area contributed by atoms with Crippen molar-refractivity contribution in [2.75, 3.05) is 17.6 Å². The van der Waals surface area contributed by atoms with Gasteiger partial charge in [0.25, 0.3) is 10.0 Å². The molecule has 0 amide bonds. The number of hydrogen-bond acceptors (Lipinski definition) is 7. The van der Waals surface area contributed by atoms with Gasteiger partial charge in [-0.25, -0.2) is 32.2 Å². The van der Waals surface area contributed by atoms with Crippen molar-refractivity contribution in [2.45, 2.75) is 17.7 Å². The average molecular weight is 495 g/mol. The largest absolute Gasteiger partial charge is 0.480 e. The fraction of sp³-hybridized carbons (Fsp3) is 0.150. The minimum absolute atomic E-state index is 0.0420. The summed E-state index contributed by atoms with van der Waals surface area (Å²) in [6.45, 7) is 0. The summed E-state index contributed by atoms with van der Waals surface area (Å²) in [4.78, 5) is 11.5. The third-order valence-corrected chi connectivity index (χ3v) is 6.43. The van der Waals surface area contributed by atoms with Crippen molar-refractivity contribution in [2.24, 2.45) is 0 Å². The van der Waals surface area contributed by atoms with Crippen LogP contribution in [0.25, 0.3) is 5.65 Å². The number of hydrogen-bond donors (Lipinski definition) is 2. The molecule has 0 fully saturated rings. The highest BCUT2D eigenvalue weighted by molar-refractivity contribution is 7.92. The maximum absolute atomic E-state index is 15.2. The zero-order valence-electron chi connectivity index (χ0n) is 17.1. The quantitative estimate of drug-likeness (QED) is 0.404. The molecule has 9 nitrogen and oxygen atoms in total. The summed E-state index contributed by atoms with van der Waals surface area (Å²) in [7, 11) is -3.11. The van der Waals surface area contributed by atoms with Crippen LogP contribution in [0.15, 0.2) is 47.9 Å². The summed E-state index contributed by atoms with van der Waals surface area (Å²) in [6.07, 6.45) is 6.01. The summed E-state index contributed by atoms with van der Waals surface area (Å²) in [5.74, 6) is -1.85. The number of rotatable bonds is 7. The van der Waals surface area contributed by atoms with Gasteiger partial charge in [0, 0.05) is 36.0 Å². The SMILES string of the molecule is COc1ncc(Cl)cc1S(=O)(=O)Nc1ccc(F)c(CCc2cnc3c(N)nccn23)c1F. The molecule has 0 spiro atoms. The predicted octanol–water partition coefficient (Wildman–Crippen LogP) is 3.23. The lowest BCUT2D eigenvalue weighted by atomic mass is 10.1. The number of fused-ring (bicyclic) bond motifs is 1. The Morgan fingerprint density at radius 3 is 2.73 bits per heavy atom. The first-order chi connectivity index (χ1) is 15.7. The Hall–Kier alpha value is -3.51. The third kappa shape index (κ3) is 4.39.